The van der Waals surface area contributed by atoms with Crippen molar-refractivity contribution in [2.24, 2.45) is 5.92 Å². The van der Waals surface area contributed by atoms with Gasteiger partial charge in [0.15, 0.2) is 0 Å². The van der Waals surface area contributed by atoms with Gasteiger partial charge in [0.1, 0.15) is 0 Å². The van der Waals surface area contributed by atoms with Gasteiger partial charge in [-0.15, -0.1) is 0 Å². The number of rotatable bonds is 11. The van der Waals surface area contributed by atoms with Gasteiger partial charge in [0.25, 0.3) is 0 Å². The number of carbonyl (C=O) groups is 1. The number of H-pyrrole nitrogens is 1. The summed E-state index contributed by atoms with van der Waals surface area (Å²) in [6.45, 7) is 3.32. The molecule has 2 aromatic heterocycles. The molecule has 0 saturated carbocycles. The summed E-state index contributed by atoms with van der Waals surface area (Å²) < 4.78 is 0. The number of benzene rings is 2. The average Bonchev–Trinajstić information content (AvgIpc) is 3.36. The lowest BCUT2D eigenvalue weighted by Gasteiger charge is -2.22. The Balaban J connectivity index is 1.21. The van der Waals surface area contributed by atoms with Crippen LogP contribution < -0.4 is 10.6 Å². The van der Waals surface area contributed by atoms with Crippen LogP contribution in [0, 0.1) is 5.92 Å². The number of aromatic amines is 1. The van der Waals surface area contributed by atoms with Crippen LogP contribution in [0.15, 0.2) is 54.7 Å². The second kappa shape index (κ2) is 11.6. The van der Waals surface area contributed by atoms with Crippen molar-refractivity contribution in [1.82, 2.24) is 15.3 Å². The first kappa shape index (κ1) is 24.4. The number of para-hydroxylation sites is 1. The van der Waals surface area contributed by atoms with Crippen molar-refractivity contribution in [3.63, 3.8) is 0 Å². The Hall–Kier alpha value is -3.34. The largest absolute Gasteiger partial charge is 0.384 e. The lowest BCUT2D eigenvalue weighted by Crippen LogP contribution is -2.23. The maximum absolute atomic E-state index is 11.4. The normalized spacial score (nSPS) is 14.0. The second-order valence-electron chi connectivity index (χ2n) is 10.3. The van der Waals surface area contributed by atoms with Gasteiger partial charge in [-0.3, -0.25) is 9.78 Å². The highest BCUT2D eigenvalue weighted by atomic mass is 16.1. The minimum atomic E-state index is 0.0580. The second-order valence-corrected chi connectivity index (χ2v) is 10.3. The molecule has 5 rings (SSSR count). The van der Waals surface area contributed by atoms with Crippen molar-refractivity contribution in [2.75, 3.05) is 18.4 Å². The topological polar surface area (TPSA) is 69.8 Å². The standard InChI is InChI=1S/C31H38N4O/c1-22(36)32-19-16-23(12-13-24-14-15-28-25(21-24)17-20-33-28)7-6-18-34-31-26-8-2-4-10-29(26)35-30-11-5-3-9-27(30)31/h2,4,8,10,14-15,17,20-21,23,33H,3,5-7,9,11-13,16,18-19H2,1H3,(H,32,36)(H,34,35). The maximum Gasteiger partial charge on any atom is 0.216 e. The number of nitrogens with one attached hydrogen (secondary N) is 3. The number of anilines is 1. The Bertz CT molecular complexity index is 1320. The number of hydrogen-bond donors (Lipinski definition) is 3. The molecule has 0 radical (unpaired) electrons. The first-order chi connectivity index (χ1) is 17.7. The first-order valence-electron chi connectivity index (χ1n) is 13.6. The summed E-state index contributed by atoms with van der Waals surface area (Å²) >= 11 is 0. The Morgan fingerprint density at radius 1 is 1.03 bits per heavy atom. The van der Waals surface area contributed by atoms with Gasteiger partial charge in [0.05, 0.1) is 5.52 Å². The molecule has 0 spiro atoms. The van der Waals surface area contributed by atoms with E-state index in [9.17, 15) is 4.79 Å². The summed E-state index contributed by atoms with van der Waals surface area (Å²) in [5.41, 5.74) is 7.72. The Morgan fingerprint density at radius 3 is 2.83 bits per heavy atom. The van der Waals surface area contributed by atoms with Gasteiger partial charge in [-0.2, -0.15) is 0 Å². The zero-order valence-electron chi connectivity index (χ0n) is 21.4. The molecule has 188 valence electrons. The molecule has 0 saturated heterocycles. The van der Waals surface area contributed by atoms with E-state index in [4.69, 9.17) is 4.98 Å². The van der Waals surface area contributed by atoms with Gasteiger partial charge in [0, 0.05) is 48.5 Å². The number of pyridine rings is 1. The number of aromatic nitrogens is 2. The summed E-state index contributed by atoms with van der Waals surface area (Å²) in [6, 6.07) is 17.4. The van der Waals surface area contributed by atoms with E-state index < -0.39 is 0 Å². The van der Waals surface area contributed by atoms with E-state index in [2.05, 4.69) is 64.1 Å². The zero-order chi connectivity index (χ0) is 24.7. The van der Waals surface area contributed by atoms with Crippen LogP contribution in [-0.2, 0) is 24.1 Å². The van der Waals surface area contributed by atoms with E-state index >= 15 is 0 Å². The van der Waals surface area contributed by atoms with E-state index in [1.807, 2.05) is 6.20 Å². The van der Waals surface area contributed by atoms with Crippen LogP contribution in [0.25, 0.3) is 21.8 Å². The highest BCUT2D eigenvalue weighted by Crippen LogP contribution is 2.33. The van der Waals surface area contributed by atoms with E-state index in [0.717, 1.165) is 63.6 Å². The fourth-order valence-corrected chi connectivity index (χ4v) is 5.69. The van der Waals surface area contributed by atoms with Crippen molar-refractivity contribution < 1.29 is 4.79 Å². The number of carbonyl (C=O) groups excluding carboxylic acids is 1. The summed E-state index contributed by atoms with van der Waals surface area (Å²) in [5.74, 6) is 0.645. The molecule has 5 heteroatoms. The summed E-state index contributed by atoms with van der Waals surface area (Å²) in [6.07, 6.45) is 12.2. The molecule has 1 aliphatic rings. The van der Waals surface area contributed by atoms with Crippen LogP contribution in [0.4, 0.5) is 5.69 Å². The Kier molecular flexibility index (Phi) is 7.85. The molecule has 1 atom stereocenters. The highest BCUT2D eigenvalue weighted by Gasteiger charge is 2.18. The number of nitrogens with zero attached hydrogens (tertiary/aromatic N) is 1. The number of hydrogen-bond acceptors (Lipinski definition) is 3. The molecule has 2 aromatic carbocycles. The van der Waals surface area contributed by atoms with Crippen LogP contribution in [0.5, 0.6) is 0 Å². The first-order valence-corrected chi connectivity index (χ1v) is 13.6. The van der Waals surface area contributed by atoms with Gasteiger partial charge in [-0.1, -0.05) is 24.3 Å². The van der Waals surface area contributed by atoms with E-state index in [1.54, 1.807) is 6.92 Å². The van der Waals surface area contributed by atoms with Crippen molar-refractivity contribution in [3.05, 3.63) is 71.5 Å². The highest BCUT2D eigenvalue weighted by molar-refractivity contribution is 5.93. The van der Waals surface area contributed by atoms with E-state index in [0.29, 0.717) is 5.92 Å². The molecule has 5 nitrogen and oxygen atoms in total. The van der Waals surface area contributed by atoms with E-state index in [-0.39, 0.29) is 5.91 Å². The van der Waals surface area contributed by atoms with E-state index in [1.165, 1.54) is 51.6 Å². The molecule has 1 unspecified atom stereocenters. The monoisotopic (exact) mass is 482 g/mol. The zero-order valence-corrected chi connectivity index (χ0v) is 21.4. The molecule has 0 fully saturated rings. The van der Waals surface area contributed by atoms with Crippen LogP contribution in [-0.4, -0.2) is 29.0 Å². The maximum atomic E-state index is 11.4. The van der Waals surface area contributed by atoms with Gasteiger partial charge >= 0.3 is 0 Å². The van der Waals surface area contributed by atoms with Crippen molar-refractivity contribution in [2.45, 2.75) is 64.7 Å². The molecule has 0 bridgehead atoms. The van der Waals surface area contributed by atoms with Gasteiger partial charge in [-0.25, -0.2) is 0 Å². The Morgan fingerprint density at radius 2 is 1.92 bits per heavy atom. The molecule has 1 amide bonds. The summed E-state index contributed by atoms with van der Waals surface area (Å²) in [7, 11) is 0. The molecule has 0 aliphatic heterocycles. The average molecular weight is 483 g/mol. The summed E-state index contributed by atoms with van der Waals surface area (Å²) in [5, 5.41) is 9.35. The minimum absolute atomic E-state index is 0.0580. The Labute approximate surface area is 214 Å². The smallest absolute Gasteiger partial charge is 0.216 e. The fraction of sp³-hybridized carbons (Fsp3) is 0.419. The molecule has 3 N–H and O–H groups in total. The number of fused-ring (bicyclic) bond motifs is 3. The third-order valence-electron chi connectivity index (χ3n) is 7.65. The molecule has 1 aliphatic carbocycles. The van der Waals surface area contributed by atoms with Crippen molar-refractivity contribution in [3.8, 4) is 0 Å². The predicted octanol–water partition coefficient (Wildman–Crippen LogP) is 6.56. The quantitative estimate of drug-likeness (QED) is 0.212. The molecule has 2 heterocycles. The fourth-order valence-electron chi connectivity index (χ4n) is 5.69. The van der Waals surface area contributed by atoms with Crippen LogP contribution in [0.2, 0.25) is 0 Å². The number of aryl methyl sites for hydroxylation is 2. The number of amides is 1. The van der Waals surface area contributed by atoms with Gasteiger partial charge in [0.2, 0.25) is 5.91 Å². The minimum Gasteiger partial charge on any atom is -0.384 e. The molecular formula is C31H38N4O. The molecule has 36 heavy (non-hydrogen) atoms. The van der Waals surface area contributed by atoms with Gasteiger partial charge in [-0.05, 0) is 104 Å². The predicted molar refractivity (Wildman–Crippen MR) is 150 cm³/mol. The third kappa shape index (κ3) is 5.89. The van der Waals surface area contributed by atoms with Crippen LogP contribution >= 0.6 is 0 Å². The molecular weight excluding hydrogens is 444 g/mol. The van der Waals surface area contributed by atoms with Crippen LogP contribution in [0.1, 0.15) is 62.3 Å². The van der Waals surface area contributed by atoms with Gasteiger partial charge < -0.3 is 15.6 Å². The van der Waals surface area contributed by atoms with Crippen molar-refractivity contribution >= 4 is 33.4 Å². The van der Waals surface area contributed by atoms with Crippen LogP contribution in [0.3, 0.4) is 0 Å². The lowest BCUT2D eigenvalue weighted by molar-refractivity contribution is -0.119. The SMILES string of the molecule is CC(=O)NCCC(CCCNc1c2c(nc3ccccc13)CCCC2)CCc1ccc2[nH]ccc2c1. The van der Waals surface area contributed by atoms with Crippen molar-refractivity contribution in [1.29, 1.82) is 0 Å². The lowest BCUT2D eigenvalue weighted by atomic mass is 9.91. The summed E-state index contributed by atoms with van der Waals surface area (Å²) in [4.78, 5) is 19.7. The molecule has 4 aromatic rings. The third-order valence-corrected chi connectivity index (χ3v) is 7.65.